The number of hydrogen-bond acceptors (Lipinski definition) is 7. The van der Waals surface area contributed by atoms with Crippen LogP contribution in [0.2, 0.25) is 0 Å². The summed E-state index contributed by atoms with van der Waals surface area (Å²) >= 11 is 0. The number of nitrogens with one attached hydrogen (secondary N) is 3. The topological polar surface area (TPSA) is 130 Å². The molecule has 2 aromatic rings. The van der Waals surface area contributed by atoms with Gasteiger partial charge in [-0.3, -0.25) is 24.3 Å². The van der Waals surface area contributed by atoms with Gasteiger partial charge in [0, 0.05) is 37.1 Å². The Morgan fingerprint density at radius 3 is 2.29 bits per heavy atom. The van der Waals surface area contributed by atoms with Crippen LogP contribution in [0.5, 0.6) is 0 Å². The summed E-state index contributed by atoms with van der Waals surface area (Å²) in [6.45, 7) is 9.55. The lowest BCUT2D eigenvalue weighted by molar-refractivity contribution is -0.131. The van der Waals surface area contributed by atoms with Gasteiger partial charge in [-0.2, -0.15) is 0 Å². The molecule has 1 aromatic heterocycles. The number of benzene rings is 1. The van der Waals surface area contributed by atoms with Crippen molar-refractivity contribution in [2.75, 3.05) is 19.6 Å². The minimum absolute atomic E-state index is 0.0942. The molecule has 0 radical (unpaired) electrons. The van der Waals surface area contributed by atoms with E-state index in [0.717, 1.165) is 12.0 Å². The lowest BCUT2D eigenvalue weighted by Crippen LogP contribution is -2.57. The van der Waals surface area contributed by atoms with Gasteiger partial charge in [0.05, 0.1) is 12.6 Å². The third-order valence-electron chi connectivity index (χ3n) is 6.86. The average Bonchev–Trinajstić information content (AvgIpc) is 2.93. The SMILES string of the molecule is CC(C)C[C@@H](CN1CCC(NC(=O)[C@H](CC(C)C)NC(=O)c2ccncc2)C(=O)C1)NC(=O)OCc1ccccc1. The van der Waals surface area contributed by atoms with E-state index in [9.17, 15) is 19.2 Å². The summed E-state index contributed by atoms with van der Waals surface area (Å²) in [7, 11) is 0. The molecule has 3 N–H and O–H groups in total. The van der Waals surface area contributed by atoms with Crippen molar-refractivity contribution in [3.8, 4) is 0 Å². The van der Waals surface area contributed by atoms with Crippen molar-refractivity contribution in [1.29, 1.82) is 0 Å². The van der Waals surface area contributed by atoms with Gasteiger partial charge in [-0.15, -0.1) is 0 Å². The van der Waals surface area contributed by atoms with Crippen LogP contribution < -0.4 is 16.0 Å². The van der Waals surface area contributed by atoms with E-state index in [-0.39, 0.29) is 42.7 Å². The highest BCUT2D eigenvalue weighted by molar-refractivity contribution is 5.98. The number of carbonyl (C=O) groups is 4. The Labute approximate surface area is 242 Å². The second kappa shape index (κ2) is 15.9. The summed E-state index contributed by atoms with van der Waals surface area (Å²) in [5, 5.41) is 8.64. The van der Waals surface area contributed by atoms with Gasteiger partial charge in [-0.25, -0.2) is 4.79 Å². The van der Waals surface area contributed by atoms with Crippen LogP contribution >= 0.6 is 0 Å². The van der Waals surface area contributed by atoms with Crippen LogP contribution in [0, 0.1) is 11.8 Å². The van der Waals surface area contributed by atoms with Crippen LogP contribution in [-0.2, 0) is 20.9 Å². The monoisotopic (exact) mass is 565 g/mol. The molecule has 1 aromatic carbocycles. The van der Waals surface area contributed by atoms with E-state index in [1.54, 1.807) is 12.1 Å². The van der Waals surface area contributed by atoms with E-state index in [0.29, 0.717) is 37.4 Å². The summed E-state index contributed by atoms with van der Waals surface area (Å²) < 4.78 is 5.40. The summed E-state index contributed by atoms with van der Waals surface area (Å²) in [5.74, 6) is -0.329. The van der Waals surface area contributed by atoms with Crippen LogP contribution in [-0.4, -0.2) is 71.3 Å². The average molecular weight is 566 g/mol. The molecule has 41 heavy (non-hydrogen) atoms. The summed E-state index contributed by atoms with van der Waals surface area (Å²) in [6, 6.07) is 11.1. The number of carbonyl (C=O) groups excluding carboxylic acids is 4. The summed E-state index contributed by atoms with van der Waals surface area (Å²) in [4.78, 5) is 57.3. The first-order valence-corrected chi connectivity index (χ1v) is 14.3. The molecule has 3 rings (SSSR count). The normalized spacial score (nSPS) is 17.1. The summed E-state index contributed by atoms with van der Waals surface area (Å²) in [5.41, 5.74) is 1.32. The lowest BCUT2D eigenvalue weighted by atomic mass is 9.98. The number of aromatic nitrogens is 1. The molecule has 3 atom stereocenters. The molecule has 10 nitrogen and oxygen atoms in total. The van der Waals surface area contributed by atoms with Gasteiger partial charge in [-0.05, 0) is 48.8 Å². The number of pyridine rings is 1. The number of rotatable bonds is 13. The molecule has 2 heterocycles. The molecule has 0 aliphatic carbocycles. The van der Waals surface area contributed by atoms with Crippen LogP contribution in [0.4, 0.5) is 4.79 Å². The zero-order valence-corrected chi connectivity index (χ0v) is 24.5. The number of alkyl carbamates (subject to hydrolysis) is 1. The zero-order chi connectivity index (χ0) is 29.8. The number of piperidine rings is 1. The second-order valence-corrected chi connectivity index (χ2v) is 11.5. The summed E-state index contributed by atoms with van der Waals surface area (Å²) in [6.07, 6.45) is 4.18. The van der Waals surface area contributed by atoms with Crippen molar-refractivity contribution in [2.45, 2.75) is 71.7 Å². The smallest absolute Gasteiger partial charge is 0.407 e. The maximum absolute atomic E-state index is 13.2. The van der Waals surface area contributed by atoms with Gasteiger partial charge in [0.1, 0.15) is 12.6 Å². The van der Waals surface area contributed by atoms with Crippen LogP contribution in [0.1, 0.15) is 62.9 Å². The van der Waals surface area contributed by atoms with E-state index in [1.165, 1.54) is 12.4 Å². The van der Waals surface area contributed by atoms with Crippen LogP contribution in [0.15, 0.2) is 54.9 Å². The molecule has 1 aliphatic heterocycles. The molecular weight excluding hydrogens is 522 g/mol. The molecule has 0 bridgehead atoms. The maximum atomic E-state index is 13.2. The van der Waals surface area contributed by atoms with Gasteiger partial charge in [0.25, 0.3) is 5.91 Å². The first kappa shape index (κ1) is 31.7. The number of hydrogen-bond donors (Lipinski definition) is 3. The Kier molecular flexibility index (Phi) is 12.3. The largest absolute Gasteiger partial charge is 0.445 e. The first-order valence-electron chi connectivity index (χ1n) is 14.3. The molecule has 1 aliphatic rings. The zero-order valence-electron chi connectivity index (χ0n) is 24.5. The molecule has 0 spiro atoms. The number of ketones is 1. The Bertz CT molecular complexity index is 1140. The van der Waals surface area contributed by atoms with Crippen molar-refractivity contribution in [1.82, 2.24) is 25.8 Å². The highest BCUT2D eigenvalue weighted by atomic mass is 16.5. The third-order valence-corrected chi connectivity index (χ3v) is 6.86. The standard InChI is InChI=1S/C31H43N5O5/c1-21(2)16-25(33-31(40)41-20-23-8-6-5-7-9-23)18-36-15-12-26(28(37)19-36)34-30(39)27(17-22(3)4)35-29(38)24-10-13-32-14-11-24/h5-11,13-14,21-22,25-27H,12,15-20H2,1-4H3,(H,33,40)(H,34,39)(H,35,38)/t25-,26?,27-/m0/s1. The molecular formula is C31H43N5O5. The predicted molar refractivity (Wildman–Crippen MR) is 156 cm³/mol. The highest BCUT2D eigenvalue weighted by Gasteiger charge is 2.32. The number of ether oxygens (including phenoxy) is 1. The number of nitrogens with zero attached hydrogens (tertiary/aromatic N) is 2. The predicted octanol–water partition coefficient (Wildman–Crippen LogP) is 3.33. The number of likely N-dealkylation sites (tertiary alicyclic amines) is 1. The molecule has 222 valence electrons. The number of Topliss-reactive ketones (excluding diaryl/α,β-unsaturated/α-hetero) is 1. The fraction of sp³-hybridized carbons (Fsp3) is 0.516. The fourth-order valence-electron chi connectivity index (χ4n) is 4.90. The first-order chi connectivity index (χ1) is 19.6. The van der Waals surface area contributed by atoms with Gasteiger partial charge < -0.3 is 20.7 Å². The maximum Gasteiger partial charge on any atom is 0.407 e. The van der Waals surface area contributed by atoms with Gasteiger partial charge in [0.2, 0.25) is 5.91 Å². The third kappa shape index (κ3) is 11.0. The molecule has 1 fully saturated rings. The highest BCUT2D eigenvalue weighted by Crippen LogP contribution is 2.14. The molecule has 10 heteroatoms. The molecule has 1 unspecified atom stereocenters. The minimum Gasteiger partial charge on any atom is -0.445 e. The van der Waals surface area contributed by atoms with Crippen molar-refractivity contribution in [3.05, 3.63) is 66.0 Å². The van der Waals surface area contributed by atoms with E-state index in [2.05, 4.69) is 34.8 Å². The van der Waals surface area contributed by atoms with Crippen molar-refractivity contribution in [2.24, 2.45) is 11.8 Å². The van der Waals surface area contributed by atoms with E-state index in [1.807, 2.05) is 49.1 Å². The van der Waals surface area contributed by atoms with E-state index in [4.69, 9.17) is 4.74 Å². The second-order valence-electron chi connectivity index (χ2n) is 11.5. The van der Waals surface area contributed by atoms with Crippen LogP contribution in [0.3, 0.4) is 0 Å². The Balaban J connectivity index is 1.52. The van der Waals surface area contributed by atoms with Crippen molar-refractivity contribution in [3.63, 3.8) is 0 Å². The van der Waals surface area contributed by atoms with Crippen molar-refractivity contribution >= 4 is 23.7 Å². The number of amides is 3. The van der Waals surface area contributed by atoms with Gasteiger partial charge in [-0.1, -0.05) is 58.0 Å². The van der Waals surface area contributed by atoms with Crippen molar-refractivity contribution < 1.29 is 23.9 Å². The molecule has 3 amide bonds. The fourth-order valence-corrected chi connectivity index (χ4v) is 4.90. The molecule has 1 saturated heterocycles. The molecule has 0 saturated carbocycles. The van der Waals surface area contributed by atoms with Gasteiger partial charge in [0.15, 0.2) is 5.78 Å². The van der Waals surface area contributed by atoms with Crippen LogP contribution in [0.25, 0.3) is 0 Å². The van der Waals surface area contributed by atoms with Gasteiger partial charge >= 0.3 is 6.09 Å². The Hall–Kier alpha value is -3.79. The van der Waals surface area contributed by atoms with E-state index >= 15 is 0 Å². The Morgan fingerprint density at radius 1 is 0.976 bits per heavy atom. The lowest BCUT2D eigenvalue weighted by Gasteiger charge is -2.34. The minimum atomic E-state index is -0.761. The Morgan fingerprint density at radius 2 is 1.66 bits per heavy atom. The quantitative estimate of drug-likeness (QED) is 0.340. The van der Waals surface area contributed by atoms with E-state index < -0.39 is 18.2 Å².